The summed E-state index contributed by atoms with van der Waals surface area (Å²) in [6, 6.07) is 11.5. The summed E-state index contributed by atoms with van der Waals surface area (Å²) in [5.41, 5.74) is 1.83. The summed E-state index contributed by atoms with van der Waals surface area (Å²) in [5.74, 6) is 0.269. The number of sulfonamides is 1. The lowest BCUT2D eigenvalue weighted by molar-refractivity contribution is -0.115. The topological polar surface area (TPSA) is 104 Å². The summed E-state index contributed by atoms with van der Waals surface area (Å²) < 4.78 is 25.0. The molecule has 9 heteroatoms. The number of carbonyl (C=O) groups is 2. The first-order valence-corrected chi connectivity index (χ1v) is 10.6. The zero-order valence-electron chi connectivity index (χ0n) is 13.9. The average molecular weight is 391 g/mol. The fourth-order valence-electron chi connectivity index (χ4n) is 2.44. The molecule has 3 rings (SSSR count). The molecule has 0 aromatic heterocycles. The third-order valence-corrected chi connectivity index (χ3v) is 5.21. The molecule has 2 aromatic rings. The molecule has 2 aromatic carbocycles. The number of hydrogen-bond acceptors (Lipinski definition) is 5. The number of fused-ring (bicyclic) bond motifs is 1. The van der Waals surface area contributed by atoms with Crippen molar-refractivity contribution in [3.05, 3.63) is 48.0 Å². The Morgan fingerprint density at radius 2 is 1.92 bits per heavy atom. The highest BCUT2D eigenvalue weighted by Gasteiger charge is 2.16. The van der Waals surface area contributed by atoms with E-state index in [1.807, 2.05) is 6.07 Å². The van der Waals surface area contributed by atoms with Gasteiger partial charge in [0.2, 0.25) is 15.9 Å². The number of benzene rings is 2. The third-order valence-electron chi connectivity index (χ3n) is 3.53. The van der Waals surface area contributed by atoms with E-state index in [-0.39, 0.29) is 11.8 Å². The molecule has 0 radical (unpaired) electrons. The Bertz CT molecular complexity index is 974. The van der Waals surface area contributed by atoms with Crippen LogP contribution in [0.25, 0.3) is 0 Å². The lowest BCUT2D eigenvalue weighted by Crippen LogP contribution is -2.14. The normalized spacial score (nSPS) is 14.0. The molecule has 1 aliphatic rings. The van der Waals surface area contributed by atoms with Crippen molar-refractivity contribution in [3.63, 3.8) is 0 Å². The van der Waals surface area contributed by atoms with E-state index in [4.69, 9.17) is 0 Å². The summed E-state index contributed by atoms with van der Waals surface area (Å²) >= 11 is 1.56. The van der Waals surface area contributed by atoms with Gasteiger partial charge in [0, 0.05) is 28.3 Å². The van der Waals surface area contributed by atoms with Gasteiger partial charge in [-0.2, -0.15) is 0 Å². The molecule has 2 amide bonds. The average Bonchev–Trinajstić information content (AvgIpc) is 2.73. The van der Waals surface area contributed by atoms with E-state index in [0.29, 0.717) is 34.8 Å². The number of thioether (sulfide) groups is 1. The van der Waals surface area contributed by atoms with Crippen LogP contribution < -0.4 is 15.4 Å². The van der Waals surface area contributed by atoms with Crippen molar-refractivity contribution in [1.29, 1.82) is 0 Å². The molecule has 0 unspecified atom stereocenters. The van der Waals surface area contributed by atoms with Crippen LogP contribution in [0.15, 0.2) is 47.4 Å². The van der Waals surface area contributed by atoms with E-state index in [9.17, 15) is 18.0 Å². The van der Waals surface area contributed by atoms with Gasteiger partial charge < -0.3 is 10.6 Å². The van der Waals surface area contributed by atoms with Crippen LogP contribution in [0.1, 0.15) is 16.8 Å². The van der Waals surface area contributed by atoms with E-state index in [1.165, 1.54) is 6.07 Å². The van der Waals surface area contributed by atoms with Gasteiger partial charge in [-0.05, 0) is 36.4 Å². The molecule has 7 nitrogen and oxygen atoms in total. The molecule has 0 atom stereocenters. The second-order valence-corrected chi connectivity index (χ2v) is 8.65. The summed E-state index contributed by atoms with van der Waals surface area (Å²) in [5, 5.41) is 5.52. The third kappa shape index (κ3) is 4.77. The Labute approximate surface area is 155 Å². The Balaban J connectivity index is 1.78. The molecular weight excluding hydrogens is 374 g/mol. The van der Waals surface area contributed by atoms with Crippen molar-refractivity contribution in [2.75, 3.05) is 27.4 Å². The van der Waals surface area contributed by atoms with E-state index >= 15 is 0 Å². The summed E-state index contributed by atoms with van der Waals surface area (Å²) in [6.07, 6.45) is 1.49. The fourth-order valence-corrected chi connectivity index (χ4v) is 3.93. The van der Waals surface area contributed by atoms with Gasteiger partial charge in [0.25, 0.3) is 5.91 Å². The Kier molecular flexibility index (Phi) is 5.19. The number of hydrogen-bond donors (Lipinski definition) is 3. The van der Waals surface area contributed by atoms with Gasteiger partial charge in [-0.3, -0.25) is 14.3 Å². The van der Waals surface area contributed by atoms with E-state index in [2.05, 4.69) is 15.4 Å². The summed E-state index contributed by atoms with van der Waals surface area (Å²) in [4.78, 5) is 25.1. The van der Waals surface area contributed by atoms with E-state index in [0.717, 1.165) is 11.2 Å². The van der Waals surface area contributed by atoms with Gasteiger partial charge in [0.15, 0.2) is 0 Å². The summed E-state index contributed by atoms with van der Waals surface area (Å²) in [6.45, 7) is 0. The van der Waals surface area contributed by atoms with Gasteiger partial charge in [-0.1, -0.05) is 6.07 Å². The largest absolute Gasteiger partial charge is 0.325 e. The van der Waals surface area contributed by atoms with Gasteiger partial charge in [-0.15, -0.1) is 11.8 Å². The highest BCUT2D eigenvalue weighted by molar-refractivity contribution is 7.99. The molecule has 0 saturated heterocycles. The smallest absolute Gasteiger partial charge is 0.255 e. The second kappa shape index (κ2) is 7.38. The Morgan fingerprint density at radius 3 is 2.69 bits per heavy atom. The minimum atomic E-state index is -3.40. The van der Waals surface area contributed by atoms with Crippen molar-refractivity contribution < 1.29 is 18.0 Å². The quantitative estimate of drug-likeness (QED) is 0.743. The second-order valence-electron chi connectivity index (χ2n) is 5.77. The van der Waals surface area contributed by atoms with Crippen LogP contribution >= 0.6 is 11.8 Å². The zero-order chi connectivity index (χ0) is 18.7. The Morgan fingerprint density at radius 1 is 1.15 bits per heavy atom. The monoisotopic (exact) mass is 391 g/mol. The molecule has 26 heavy (non-hydrogen) atoms. The van der Waals surface area contributed by atoms with Crippen molar-refractivity contribution in [2.45, 2.75) is 11.3 Å². The lowest BCUT2D eigenvalue weighted by Gasteiger charge is -2.11. The van der Waals surface area contributed by atoms with Crippen LogP contribution in [-0.4, -0.2) is 32.2 Å². The zero-order valence-corrected chi connectivity index (χ0v) is 15.5. The van der Waals surface area contributed by atoms with Crippen LogP contribution in [0, 0.1) is 0 Å². The van der Waals surface area contributed by atoms with Crippen LogP contribution in [0.2, 0.25) is 0 Å². The van der Waals surface area contributed by atoms with E-state index < -0.39 is 10.0 Å². The van der Waals surface area contributed by atoms with Crippen LogP contribution in [-0.2, 0) is 14.8 Å². The summed E-state index contributed by atoms with van der Waals surface area (Å²) in [7, 11) is -3.40. The fraction of sp³-hybridized carbons (Fsp3) is 0.176. The number of anilines is 3. The highest BCUT2D eigenvalue weighted by atomic mass is 32.2. The van der Waals surface area contributed by atoms with Crippen LogP contribution in [0.3, 0.4) is 0 Å². The molecule has 1 heterocycles. The van der Waals surface area contributed by atoms with Crippen molar-refractivity contribution >= 4 is 50.7 Å². The van der Waals surface area contributed by atoms with Gasteiger partial charge in [0.1, 0.15) is 0 Å². The Hall–Kier alpha value is -2.52. The standard InChI is InChI=1S/C17H17N3O4S2/c1-26(23,24)20-13-4-2-3-12(10-13)18-17(22)11-5-6-15-14(9-11)19-16(21)7-8-25-15/h2-6,9-10,20H,7-8H2,1H3,(H,18,22)(H,19,21). The van der Waals surface area contributed by atoms with Crippen LogP contribution in [0.4, 0.5) is 17.1 Å². The van der Waals surface area contributed by atoms with Crippen LogP contribution in [0.5, 0.6) is 0 Å². The lowest BCUT2D eigenvalue weighted by atomic mass is 10.1. The maximum absolute atomic E-state index is 12.5. The molecule has 136 valence electrons. The van der Waals surface area contributed by atoms with Crippen molar-refractivity contribution in [2.24, 2.45) is 0 Å². The first-order valence-electron chi connectivity index (χ1n) is 7.76. The predicted molar refractivity (Wildman–Crippen MR) is 103 cm³/mol. The van der Waals surface area contributed by atoms with Gasteiger partial charge >= 0.3 is 0 Å². The SMILES string of the molecule is CS(=O)(=O)Nc1cccc(NC(=O)c2ccc3c(c2)NC(=O)CCS3)c1. The maximum atomic E-state index is 12.5. The van der Waals surface area contributed by atoms with Crippen molar-refractivity contribution in [1.82, 2.24) is 0 Å². The van der Waals surface area contributed by atoms with Gasteiger partial charge in [-0.25, -0.2) is 8.42 Å². The molecule has 0 bridgehead atoms. The first-order chi connectivity index (χ1) is 12.3. The minimum absolute atomic E-state index is 0.0756. The number of carbonyl (C=O) groups excluding carboxylic acids is 2. The van der Waals surface area contributed by atoms with Crippen molar-refractivity contribution in [3.8, 4) is 0 Å². The molecule has 1 aliphatic heterocycles. The molecule has 0 saturated carbocycles. The van der Waals surface area contributed by atoms with E-state index in [1.54, 1.807) is 42.1 Å². The number of nitrogens with one attached hydrogen (secondary N) is 3. The first kappa shape index (κ1) is 18.3. The van der Waals surface area contributed by atoms with Gasteiger partial charge in [0.05, 0.1) is 17.6 Å². The number of rotatable bonds is 4. The molecular formula is C17H17N3O4S2. The predicted octanol–water partition coefficient (Wildman–Crippen LogP) is 2.74. The molecule has 3 N–H and O–H groups in total. The maximum Gasteiger partial charge on any atom is 0.255 e. The number of amides is 2. The molecule has 0 fully saturated rings. The highest BCUT2D eigenvalue weighted by Crippen LogP contribution is 2.31. The molecule has 0 aliphatic carbocycles. The molecule has 0 spiro atoms. The minimum Gasteiger partial charge on any atom is -0.325 e.